The fraction of sp³-hybridized carbons (Fsp3) is 0.636. The van der Waals surface area contributed by atoms with E-state index in [0.717, 1.165) is 47.6 Å². The summed E-state index contributed by atoms with van der Waals surface area (Å²) in [5.41, 5.74) is 2.41. The highest BCUT2D eigenvalue weighted by atomic mass is 28.3. The van der Waals surface area contributed by atoms with Crippen molar-refractivity contribution >= 4 is 33.7 Å². The van der Waals surface area contributed by atoms with E-state index in [1.807, 2.05) is 25.3 Å². The second-order valence-corrected chi connectivity index (χ2v) is 26.9. The van der Waals surface area contributed by atoms with Gasteiger partial charge in [0, 0.05) is 71.6 Å². The monoisotopic (exact) mass is 668 g/mol. The van der Waals surface area contributed by atoms with Gasteiger partial charge < -0.3 is 28.4 Å². The number of fused-ring (bicyclic) bond motifs is 1. The molecule has 4 rings (SSSR count). The molecular formula is C33H52N6O5Si2. The highest BCUT2D eigenvalue weighted by molar-refractivity contribution is 6.76. The molecule has 1 saturated heterocycles. The number of hydrogen-bond acceptors (Lipinski definition) is 9. The van der Waals surface area contributed by atoms with Gasteiger partial charge in [0.05, 0.1) is 11.9 Å². The lowest BCUT2D eigenvalue weighted by Gasteiger charge is -2.34. The first-order valence-corrected chi connectivity index (χ1v) is 23.7. The quantitative estimate of drug-likeness (QED) is 0.104. The third-order valence-corrected chi connectivity index (χ3v) is 11.2. The standard InChI is InChI=1S/C33H52N6O5Si2/c1-33(2,3)44-32(40)37-12-10-11-25(21-37)29-18-30(39-31(36-29)28(20-35-39)26-17-27(19-34)43-22-26)38(23-41-13-15-45(4,5)6)24-42-14-16-46(7,8)9/h17-18,20,22,25H,10-16,21,23-24H2,1-9H3. The van der Waals surface area contributed by atoms with Gasteiger partial charge in [-0.05, 0) is 45.7 Å². The van der Waals surface area contributed by atoms with E-state index in [2.05, 4.69) is 56.3 Å². The summed E-state index contributed by atoms with van der Waals surface area (Å²) in [6.45, 7) is 22.9. The smallest absolute Gasteiger partial charge is 0.410 e. The van der Waals surface area contributed by atoms with Crippen molar-refractivity contribution in [2.24, 2.45) is 0 Å². The Morgan fingerprint density at radius 1 is 1.09 bits per heavy atom. The summed E-state index contributed by atoms with van der Waals surface area (Å²) in [6, 6.07) is 7.94. The van der Waals surface area contributed by atoms with Crippen molar-refractivity contribution in [3.63, 3.8) is 0 Å². The maximum atomic E-state index is 13.0. The third kappa shape index (κ3) is 10.2. The lowest BCUT2D eigenvalue weighted by Crippen LogP contribution is -2.42. The predicted octanol–water partition coefficient (Wildman–Crippen LogP) is 7.41. The SMILES string of the molecule is CC(C)(C)OC(=O)N1CCCC(c2cc(N(COCC[Si](C)(C)C)COCC[Si](C)(C)C)n3ncc(-c4coc(C#N)c4)c3n2)C1. The zero-order valence-electron chi connectivity index (χ0n) is 29.2. The van der Waals surface area contributed by atoms with Crippen molar-refractivity contribution in [1.29, 1.82) is 5.26 Å². The van der Waals surface area contributed by atoms with Gasteiger partial charge in [0.25, 0.3) is 0 Å². The molecule has 0 radical (unpaired) electrons. The topological polar surface area (TPSA) is 118 Å². The molecule has 0 aliphatic carbocycles. The van der Waals surface area contributed by atoms with Crippen LogP contribution in [0.4, 0.5) is 10.6 Å². The van der Waals surface area contributed by atoms with Gasteiger partial charge in [-0.1, -0.05) is 39.3 Å². The van der Waals surface area contributed by atoms with Crippen molar-refractivity contribution in [3.05, 3.63) is 36.0 Å². The first kappa shape index (κ1) is 35.7. The van der Waals surface area contributed by atoms with Gasteiger partial charge in [-0.3, -0.25) is 0 Å². The van der Waals surface area contributed by atoms with E-state index in [1.165, 1.54) is 0 Å². The maximum Gasteiger partial charge on any atom is 0.410 e. The molecule has 0 saturated carbocycles. The van der Waals surface area contributed by atoms with Crippen LogP contribution in [0.25, 0.3) is 16.8 Å². The Morgan fingerprint density at radius 3 is 2.30 bits per heavy atom. The number of nitrogens with zero attached hydrogens (tertiary/aromatic N) is 6. The Kier molecular flexibility index (Phi) is 11.4. The van der Waals surface area contributed by atoms with Crippen molar-refractivity contribution in [3.8, 4) is 17.2 Å². The highest BCUT2D eigenvalue weighted by Crippen LogP contribution is 2.33. The molecule has 1 atom stereocenters. The molecule has 1 amide bonds. The molecule has 1 aliphatic heterocycles. The molecule has 0 bridgehead atoms. The Balaban J connectivity index is 1.73. The summed E-state index contributed by atoms with van der Waals surface area (Å²) in [7, 11) is -2.55. The van der Waals surface area contributed by atoms with E-state index in [-0.39, 0.29) is 17.8 Å². The van der Waals surface area contributed by atoms with Crippen LogP contribution in [0.2, 0.25) is 51.4 Å². The van der Waals surface area contributed by atoms with Crippen LogP contribution in [0, 0.1) is 11.3 Å². The number of nitriles is 1. The van der Waals surface area contributed by atoms with Gasteiger partial charge in [-0.2, -0.15) is 14.9 Å². The fourth-order valence-electron chi connectivity index (χ4n) is 5.13. The Labute approximate surface area is 275 Å². The van der Waals surface area contributed by atoms with Gasteiger partial charge in [-0.15, -0.1) is 0 Å². The van der Waals surface area contributed by atoms with Crippen LogP contribution in [0.15, 0.2) is 29.0 Å². The number of carbonyl (C=O) groups is 1. The highest BCUT2D eigenvalue weighted by Gasteiger charge is 2.31. The summed E-state index contributed by atoms with van der Waals surface area (Å²) in [4.78, 5) is 22.0. The normalized spacial score (nSPS) is 16.1. The van der Waals surface area contributed by atoms with E-state index in [9.17, 15) is 10.1 Å². The van der Waals surface area contributed by atoms with E-state index in [1.54, 1.807) is 23.4 Å². The Bertz CT molecular complexity index is 1490. The molecule has 13 heteroatoms. The summed E-state index contributed by atoms with van der Waals surface area (Å²) >= 11 is 0. The molecule has 0 N–H and O–H groups in total. The number of furan rings is 1. The zero-order valence-corrected chi connectivity index (χ0v) is 31.2. The average Bonchev–Trinajstić information content (AvgIpc) is 3.61. The molecule has 252 valence electrons. The number of likely N-dealkylation sites (tertiary alicyclic amines) is 1. The molecule has 1 fully saturated rings. The first-order chi connectivity index (χ1) is 21.5. The second kappa shape index (κ2) is 14.7. The van der Waals surface area contributed by atoms with Crippen LogP contribution in [-0.2, 0) is 14.2 Å². The maximum absolute atomic E-state index is 13.0. The molecule has 11 nitrogen and oxygen atoms in total. The van der Waals surface area contributed by atoms with Crippen LogP contribution < -0.4 is 4.90 Å². The lowest BCUT2D eigenvalue weighted by molar-refractivity contribution is 0.0197. The lowest BCUT2D eigenvalue weighted by atomic mass is 9.94. The number of rotatable bonds is 13. The number of ether oxygens (including phenoxy) is 3. The first-order valence-electron chi connectivity index (χ1n) is 16.3. The van der Waals surface area contributed by atoms with Gasteiger partial charge in [0.2, 0.25) is 5.76 Å². The number of amides is 1. The van der Waals surface area contributed by atoms with Crippen LogP contribution in [0.1, 0.15) is 51.0 Å². The number of aromatic nitrogens is 3. The Hall–Kier alpha value is -3.19. The minimum atomic E-state index is -1.27. The Morgan fingerprint density at radius 2 is 1.74 bits per heavy atom. The number of piperidine rings is 1. The summed E-state index contributed by atoms with van der Waals surface area (Å²) in [5, 5.41) is 14.1. The van der Waals surface area contributed by atoms with E-state index in [0.29, 0.717) is 45.4 Å². The summed E-state index contributed by atoms with van der Waals surface area (Å²) in [6.07, 6.45) is 4.74. The minimum absolute atomic E-state index is 0.00532. The number of hydrogen-bond donors (Lipinski definition) is 0. The van der Waals surface area contributed by atoms with Crippen LogP contribution in [-0.4, -0.2) is 87.1 Å². The van der Waals surface area contributed by atoms with Gasteiger partial charge >= 0.3 is 6.09 Å². The van der Waals surface area contributed by atoms with Crippen LogP contribution >= 0.6 is 0 Å². The third-order valence-electron chi connectivity index (χ3n) is 7.80. The molecule has 46 heavy (non-hydrogen) atoms. The van der Waals surface area contributed by atoms with Crippen molar-refractivity contribution in [2.45, 2.75) is 96.5 Å². The molecular weight excluding hydrogens is 617 g/mol. The number of anilines is 1. The summed E-state index contributed by atoms with van der Waals surface area (Å²) in [5.74, 6) is 1.01. The van der Waals surface area contributed by atoms with Gasteiger partial charge in [0.15, 0.2) is 5.65 Å². The fourth-order valence-corrected chi connectivity index (χ4v) is 6.64. The van der Waals surface area contributed by atoms with E-state index in [4.69, 9.17) is 28.7 Å². The predicted molar refractivity (Wildman–Crippen MR) is 186 cm³/mol. The molecule has 0 spiro atoms. The number of carbonyl (C=O) groups excluding carboxylic acids is 1. The van der Waals surface area contributed by atoms with Gasteiger partial charge in [-0.25, -0.2) is 9.78 Å². The second-order valence-electron chi connectivity index (χ2n) is 15.6. The molecule has 0 aromatic carbocycles. The van der Waals surface area contributed by atoms with Crippen molar-refractivity contribution in [2.75, 3.05) is 44.7 Å². The zero-order chi connectivity index (χ0) is 33.7. The van der Waals surface area contributed by atoms with Gasteiger partial charge in [0.1, 0.15) is 37.2 Å². The van der Waals surface area contributed by atoms with Crippen LogP contribution in [0.5, 0.6) is 0 Å². The molecule has 4 heterocycles. The van der Waals surface area contributed by atoms with E-state index >= 15 is 0 Å². The molecule has 1 aliphatic rings. The average molecular weight is 669 g/mol. The molecule has 3 aromatic rings. The van der Waals surface area contributed by atoms with Crippen molar-refractivity contribution in [1.82, 2.24) is 19.5 Å². The van der Waals surface area contributed by atoms with Crippen molar-refractivity contribution < 1.29 is 23.4 Å². The largest absolute Gasteiger partial charge is 0.453 e. The van der Waals surface area contributed by atoms with Crippen LogP contribution in [0.3, 0.4) is 0 Å². The minimum Gasteiger partial charge on any atom is -0.453 e. The van der Waals surface area contributed by atoms with E-state index < -0.39 is 21.7 Å². The molecule has 3 aromatic heterocycles. The molecule has 1 unspecified atom stereocenters. The summed E-state index contributed by atoms with van der Waals surface area (Å²) < 4.78 is 25.5.